The Kier molecular flexibility index (Phi) is 7.16. The van der Waals surface area contributed by atoms with E-state index in [0.29, 0.717) is 36.9 Å². The highest BCUT2D eigenvalue weighted by molar-refractivity contribution is 7.89. The Morgan fingerprint density at radius 3 is 2.77 bits per heavy atom. The molecule has 4 N–H and O–H groups in total. The lowest BCUT2D eigenvalue weighted by molar-refractivity contribution is 0.0935. The van der Waals surface area contributed by atoms with Crippen molar-refractivity contribution in [1.82, 2.24) is 14.9 Å². The van der Waals surface area contributed by atoms with Gasteiger partial charge in [0.25, 0.3) is 5.91 Å². The van der Waals surface area contributed by atoms with Crippen LogP contribution in [0.5, 0.6) is 5.75 Å². The highest BCUT2D eigenvalue weighted by Crippen LogP contribution is 2.38. The molecule has 2 fully saturated rings. The lowest BCUT2D eigenvalue weighted by Gasteiger charge is -2.26. The highest BCUT2D eigenvalue weighted by atomic mass is 35.5. The summed E-state index contributed by atoms with van der Waals surface area (Å²) in [6.07, 6.45) is 6.17. The summed E-state index contributed by atoms with van der Waals surface area (Å²) < 4.78 is 32.9. The van der Waals surface area contributed by atoms with Gasteiger partial charge in [0.15, 0.2) is 0 Å². The fourth-order valence-electron chi connectivity index (χ4n) is 4.35. The van der Waals surface area contributed by atoms with E-state index in [1.165, 1.54) is 26.0 Å². The number of nitrogen functional groups attached to an aromatic ring is 1. The topological polar surface area (TPSA) is 114 Å². The molecule has 4 rings (SSSR count). The average molecular weight is 459 g/mol. The molecule has 1 aromatic rings. The monoisotopic (exact) mass is 458 g/mol. The van der Waals surface area contributed by atoms with E-state index in [1.807, 2.05) is 0 Å². The molecule has 1 unspecified atom stereocenters. The number of carbonyl (C=O) groups is 1. The normalized spacial score (nSPS) is 21.4. The van der Waals surface area contributed by atoms with E-state index >= 15 is 0 Å². The van der Waals surface area contributed by atoms with E-state index in [9.17, 15) is 13.2 Å². The van der Waals surface area contributed by atoms with Crippen LogP contribution in [-0.2, 0) is 16.4 Å². The van der Waals surface area contributed by atoms with Gasteiger partial charge in [0.2, 0.25) is 10.0 Å². The Bertz CT molecular complexity index is 905. The van der Waals surface area contributed by atoms with Gasteiger partial charge in [-0.05, 0) is 64.1 Å². The van der Waals surface area contributed by atoms with Crippen LogP contribution in [0.15, 0.2) is 11.0 Å². The molecular formula is C20H31ClN4O4S. The zero-order chi connectivity index (χ0) is 20.6. The van der Waals surface area contributed by atoms with Gasteiger partial charge in [0.05, 0.1) is 17.9 Å². The number of sulfonamides is 1. The van der Waals surface area contributed by atoms with Gasteiger partial charge in [0, 0.05) is 24.7 Å². The van der Waals surface area contributed by atoms with Gasteiger partial charge in [-0.25, -0.2) is 13.1 Å². The molecule has 168 valence electrons. The summed E-state index contributed by atoms with van der Waals surface area (Å²) in [5, 5.41) is 3.01. The number of nitrogens with zero attached hydrogens (tertiary/aromatic N) is 1. The second-order valence-corrected chi connectivity index (χ2v) is 10.1. The van der Waals surface area contributed by atoms with Crippen molar-refractivity contribution in [2.75, 3.05) is 39.0 Å². The Hall–Kier alpha value is -1.55. The van der Waals surface area contributed by atoms with Crippen LogP contribution in [0.4, 0.5) is 5.69 Å². The molecule has 1 saturated carbocycles. The Morgan fingerprint density at radius 2 is 2.07 bits per heavy atom. The lowest BCUT2D eigenvalue weighted by atomic mass is 9.99. The number of benzene rings is 1. The number of anilines is 1. The van der Waals surface area contributed by atoms with Crippen molar-refractivity contribution in [3.63, 3.8) is 0 Å². The van der Waals surface area contributed by atoms with E-state index in [-0.39, 0.29) is 34.5 Å². The second-order valence-electron chi connectivity index (χ2n) is 8.25. The number of hydrogen-bond donors (Lipinski definition) is 3. The molecule has 0 aromatic heterocycles. The summed E-state index contributed by atoms with van der Waals surface area (Å²) in [6.45, 7) is 3.24. The second kappa shape index (κ2) is 9.30. The third-order valence-corrected chi connectivity index (χ3v) is 7.65. The van der Waals surface area contributed by atoms with Crippen LogP contribution >= 0.6 is 12.4 Å². The molecule has 8 nitrogen and oxygen atoms in total. The highest BCUT2D eigenvalue weighted by Gasteiger charge is 2.32. The number of amides is 1. The summed E-state index contributed by atoms with van der Waals surface area (Å²) in [4.78, 5) is 15.4. The minimum Gasteiger partial charge on any atom is -0.492 e. The molecule has 10 heteroatoms. The van der Waals surface area contributed by atoms with E-state index in [2.05, 4.69) is 14.9 Å². The van der Waals surface area contributed by atoms with Crippen LogP contribution in [0.1, 0.15) is 48.0 Å². The number of halogens is 1. The summed E-state index contributed by atoms with van der Waals surface area (Å²) in [5.74, 6) is 0.926. The number of nitrogens with two attached hydrogens (primary N) is 1. The van der Waals surface area contributed by atoms with Gasteiger partial charge in [0.1, 0.15) is 10.6 Å². The first-order valence-corrected chi connectivity index (χ1v) is 11.9. The van der Waals surface area contributed by atoms with Gasteiger partial charge in [-0.2, -0.15) is 0 Å². The van der Waals surface area contributed by atoms with Crippen molar-refractivity contribution in [2.24, 2.45) is 5.92 Å². The van der Waals surface area contributed by atoms with Crippen LogP contribution in [0, 0.1) is 5.92 Å². The van der Waals surface area contributed by atoms with Crippen molar-refractivity contribution >= 4 is 34.0 Å². The largest absolute Gasteiger partial charge is 0.492 e. The van der Waals surface area contributed by atoms with Gasteiger partial charge in [-0.1, -0.05) is 0 Å². The standard InChI is InChI=1S/C20H30N4O4S.ClH/c1-22-29(26,27)17-10-16(19-15(18(17)21)5-3-9-28-19)20(25)23-11-14-4-2-8-24(14)12-13-6-7-13;/h10,13-14,22H,2-9,11-12,21H2,1H3,(H,23,25);1H. The minimum absolute atomic E-state index is 0. The number of fused-ring (bicyclic) bond motifs is 1. The number of ether oxygens (including phenoxy) is 1. The van der Waals surface area contributed by atoms with Crippen molar-refractivity contribution < 1.29 is 17.9 Å². The molecule has 2 aliphatic heterocycles. The van der Waals surface area contributed by atoms with Gasteiger partial charge in [-0.3, -0.25) is 9.69 Å². The summed E-state index contributed by atoms with van der Waals surface area (Å²) in [7, 11) is -2.45. The van der Waals surface area contributed by atoms with E-state index < -0.39 is 10.0 Å². The van der Waals surface area contributed by atoms with Gasteiger partial charge in [-0.15, -0.1) is 12.4 Å². The molecule has 1 aliphatic carbocycles. The zero-order valence-electron chi connectivity index (χ0n) is 17.3. The molecule has 2 heterocycles. The number of carbonyl (C=O) groups excluding carboxylic acids is 1. The molecular weight excluding hydrogens is 428 g/mol. The van der Waals surface area contributed by atoms with Crippen molar-refractivity contribution in [3.05, 3.63) is 17.2 Å². The average Bonchev–Trinajstić information content (AvgIpc) is 3.43. The van der Waals surface area contributed by atoms with Crippen molar-refractivity contribution in [1.29, 1.82) is 0 Å². The van der Waals surface area contributed by atoms with Crippen LogP contribution < -0.4 is 20.5 Å². The number of nitrogens with one attached hydrogen (secondary N) is 2. The van der Waals surface area contributed by atoms with E-state index in [1.54, 1.807) is 0 Å². The smallest absolute Gasteiger partial charge is 0.255 e. The van der Waals surface area contributed by atoms with E-state index in [4.69, 9.17) is 10.5 Å². The molecule has 30 heavy (non-hydrogen) atoms. The maximum atomic E-state index is 13.0. The number of rotatable bonds is 7. The zero-order valence-corrected chi connectivity index (χ0v) is 18.9. The van der Waals surface area contributed by atoms with Gasteiger partial charge >= 0.3 is 0 Å². The number of hydrogen-bond acceptors (Lipinski definition) is 6. The predicted molar refractivity (Wildman–Crippen MR) is 118 cm³/mol. The maximum Gasteiger partial charge on any atom is 0.255 e. The van der Waals surface area contributed by atoms with Crippen molar-refractivity contribution in [2.45, 2.75) is 49.5 Å². The molecule has 1 saturated heterocycles. The van der Waals surface area contributed by atoms with Crippen LogP contribution in [0.25, 0.3) is 0 Å². The molecule has 3 aliphatic rings. The third-order valence-electron chi connectivity index (χ3n) is 6.19. The SMILES string of the molecule is CNS(=O)(=O)c1cc(C(=O)NCC2CCCN2CC2CC2)c2c(c1N)CCCO2.Cl. The van der Waals surface area contributed by atoms with Gasteiger partial charge < -0.3 is 15.8 Å². The third kappa shape index (κ3) is 4.69. The fraction of sp³-hybridized carbons (Fsp3) is 0.650. The van der Waals surface area contributed by atoms with Crippen LogP contribution in [0.3, 0.4) is 0 Å². The minimum atomic E-state index is -3.78. The molecule has 0 bridgehead atoms. The lowest BCUT2D eigenvalue weighted by Crippen LogP contribution is -2.41. The Morgan fingerprint density at radius 1 is 1.30 bits per heavy atom. The molecule has 0 radical (unpaired) electrons. The first-order chi connectivity index (χ1) is 13.9. The quantitative estimate of drug-likeness (QED) is 0.534. The van der Waals surface area contributed by atoms with Crippen molar-refractivity contribution in [3.8, 4) is 5.75 Å². The summed E-state index contributed by atoms with van der Waals surface area (Å²) >= 11 is 0. The Balaban J connectivity index is 0.00000256. The molecule has 0 spiro atoms. The maximum absolute atomic E-state index is 13.0. The summed E-state index contributed by atoms with van der Waals surface area (Å²) in [6, 6.07) is 1.68. The van der Waals surface area contributed by atoms with Crippen LogP contribution in [0.2, 0.25) is 0 Å². The van der Waals surface area contributed by atoms with E-state index in [0.717, 1.165) is 38.3 Å². The fourth-order valence-corrected chi connectivity index (χ4v) is 5.26. The van der Waals surface area contributed by atoms with Crippen LogP contribution in [-0.4, -0.2) is 58.6 Å². The Labute approximate surface area is 184 Å². The summed E-state index contributed by atoms with van der Waals surface area (Å²) in [5.41, 5.74) is 7.16. The number of likely N-dealkylation sites (tertiary alicyclic amines) is 1. The molecule has 1 amide bonds. The molecule has 1 atom stereocenters. The first kappa shape index (κ1) is 23.1. The first-order valence-electron chi connectivity index (χ1n) is 10.4. The predicted octanol–water partition coefficient (Wildman–Crippen LogP) is 1.53. The molecule has 1 aromatic carbocycles.